The molecule has 0 aliphatic rings. The second-order valence-corrected chi connectivity index (χ2v) is 6.96. The Bertz CT molecular complexity index is 863. The Hall–Kier alpha value is -2.19. The first-order chi connectivity index (χ1) is 11.4. The minimum atomic E-state index is 0.724. The number of thiophene rings is 1. The first-order valence-corrected chi connectivity index (χ1v) is 9.06. The van der Waals surface area contributed by atoms with Gasteiger partial charge >= 0.3 is 0 Å². The van der Waals surface area contributed by atoms with Gasteiger partial charge in [0.05, 0.1) is 5.69 Å². The highest BCUT2D eigenvalue weighted by Crippen LogP contribution is 2.21. The lowest BCUT2D eigenvalue weighted by atomic mass is 10.3. The summed E-state index contributed by atoms with van der Waals surface area (Å²) in [4.78, 5) is 10.1. The monoisotopic (exact) mass is 342 g/mol. The van der Waals surface area contributed by atoms with Gasteiger partial charge in [-0.05, 0) is 23.9 Å². The van der Waals surface area contributed by atoms with Crippen LogP contribution in [0, 0.1) is 0 Å². The average Bonchev–Trinajstić information content (AvgIpc) is 3.30. The third kappa shape index (κ3) is 3.27. The van der Waals surface area contributed by atoms with Gasteiger partial charge in [-0.25, -0.2) is 9.97 Å². The maximum atomic E-state index is 4.50. The Morgan fingerprint density at radius 3 is 3.13 bits per heavy atom. The molecule has 4 heterocycles. The summed E-state index contributed by atoms with van der Waals surface area (Å²) < 4.78 is 4.02. The van der Waals surface area contributed by atoms with Crippen LogP contribution in [0.25, 0.3) is 5.78 Å². The van der Waals surface area contributed by atoms with Gasteiger partial charge in [0.25, 0.3) is 0 Å². The number of imidazole rings is 1. The van der Waals surface area contributed by atoms with Crippen LogP contribution in [0.4, 0.5) is 0 Å². The molecule has 0 saturated carbocycles. The zero-order valence-corrected chi connectivity index (χ0v) is 13.9. The lowest BCUT2D eigenvalue weighted by molar-refractivity contribution is 0.637. The Morgan fingerprint density at radius 2 is 2.26 bits per heavy atom. The van der Waals surface area contributed by atoms with Crippen molar-refractivity contribution in [2.45, 2.75) is 23.9 Å². The summed E-state index contributed by atoms with van der Waals surface area (Å²) in [5.74, 6) is 1.48. The largest absolute Gasteiger partial charge is 0.308 e. The molecular formula is C15H14N6S2. The van der Waals surface area contributed by atoms with Crippen molar-refractivity contribution in [2.24, 2.45) is 0 Å². The number of aryl methyl sites for hydroxylation is 2. The van der Waals surface area contributed by atoms with Crippen LogP contribution in [0.5, 0.6) is 0 Å². The van der Waals surface area contributed by atoms with Crippen LogP contribution in [0.15, 0.2) is 53.7 Å². The van der Waals surface area contributed by atoms with Gasteiger partial charge in [0.15, 0.2) is 5.16 Å². The van der Waals surface area contributed by atoms with Gasteiger partial charge in [-0.2, -0.15) is 0 Å². The van der Waals surface area contributed by atoms with Gasteiger partial charge in [0.2, 0.25) is 5.78 Å². The molecule has 23 heavy (non-hydrogen) atoms. The minimum Gasteiger partial charge on any atom is -0.308 e. The van der Waals surface area contributed by atoms with E-state index in [2.05, 4.69) is 42.2 Å². The Balaban J connectivity index is 1.42. The molecule has 4 rings (SSSR count). The van der Waals surface area contributed by atoms with E-state index in [1.54, 1.807) is 35.6 Å². The van der Waals surface area contributed by atoms with E-state index >= 15 is 0 Å². The highest BCUT2D eigenvalue weighted by atomic mass is 32.2. The van der Waals surface area contributed by atoms with E-state index in [4.69, 9.17) is 0 Å². The smallest absolute Gasteiger partial charge is 0.233 e. The quantitative estimate of drug-likeness (QED) is 0.504. The Kier molecular flexibility index (Phi) is 4.08. The molecule has 0 aliphatic carbocycles. The normalized spacial score (nSPS) is 11.3. The van der Waals surface area contributed by atoms with Crippen molar-refractivity contribution in [1.29, 1.82) is 0 Å². The summed E-state index contributed by atoms with van der Waals surface area (Å²) in [5.41, 5.74) is 0.988. The summed E-state index contributed by atoms with van der Waals surface area (Å²) in [7, 11) is 0. The highest BCUT2D eigenvalue weighted by molar-refractivity contribution is 7.98. The molecule has 0 aromatic carbocycles. The fraction of sp³-hybridized carbons (Fsp3) is 0.200. The van der Waals surface area contributed by atoms with Gasteiger partial charge in [-0.15, -0.1) is 21.5 Å². The Labute approximate surface area is 141 Å². The van der Waals surface area contributed by atoms with Crippen LogP contribution in [0.3, 0.4) is 0 Å². The fourth-order valence-electron chi connectivity index (χ4n) is 2.28. The summed E-state index contributed by atoms with van der Waals surface area (Å²) >= 11 is 3.43. The predicted octanol–water partition coefficient (Wildman–Crippen LogP) is 2.92. The molecule has 4 aromatic rings. The number of hydrogen-bond acceptors (Lipinski definition) is 6. The third-order valence-electron chi connectivity index (χ3n) is 3.39. The van der Waals surface area contributed by atoms with Crippen LogP contribution in [-0.2, 0) is 18.7 Å². The molecule has 8 heteroatoms. The maximum absolute atomic E-state index is 4.50. The van der Waals surface area contributed by atoms with E-state index in [9.17, 15) is 0 Å². The van der Waals surface area contributed by atoms with E-state index < -0.39 is 0 Å². The highest BCUT2D eigenvalue weighted by Gasteiger charge is 2.08. The number of rotatable bonds is 6. The molecule has 0 aliphatic heterocycles. The SMILES string of the molecule is c1csc(CCn2cnnc2SCc2cn3cccnc3n2)c1. The number of nitrogens with zero attached hydrogens (tertiary/aromatic N) is 6. The van der Waals surface area contributed by atoms with Crippen molar-refractivity contribution in [2.75, 3.05) is 0 Å². The maximum Gasteiger partial charge on any atom is 0.233 e. The van der Waals surface area contributed by atoms with Crippen molar-refractivity contribution < 1.29 is 0 Å². The number of thioether (sulfide) groups is 1. The van der Waals surface area contributed by atoms with E-state index in [1.165, 1.54) is 4.88 Å². The molecule has 4 aromatic heterocycles. The molecule has 0 bridgehead atoms. The number of hydrogen-bond donors (Lipinski definition) is 0. The number of aromatic nitrogens is 6. The lowest BCUT2D eigenvalue weighted by Crippen LogP contribution is -2.01. The van der Waals surface area contributed by atoms with Crippen molar-refractivity contribution in [3.8, 4) is 0 Å². The van der Waals surface area contributed by atoms with Crippen LogP contribution in [0.2, 0.25) is 0 Å². The molecular weight excluding hydrogens is 328 g/mol. The van der Waals surface area contributed by atoms with Crippen molar-refractivity contribution in [3.05, 3.63) is 59.1 Å². The van der Waals surface area contributed by atoms with Gasteiger partial charge in [-0.3, -0.25) is 4.40 Å². The second kappa shape index (κ2) is 6.51. The third-order valence-corrected chi connectivity index (χ3v) is 5.34. The van der Waals surface area contributed by atoms with Gasteiger partial charge < -0.3 is 4.57 Å². The average molecular weight is 342 g/mol. The van der Waals surface area contributed by atoms with Crippen molar-refractivity contribution in [1.82, 2.24) is 29.1 Å². The molecule has 0 amide bonds. The zero-order chi connectivity index (χ0) is 15.5. The zero-order valence-electron chi connectivity index (χ0n) is 12.2. The van der Waals surface area contributed by atoms with E-state index in [0.29, 0.717) is 0 Å². The summed E-state index contributed by atoms with van der Waals surface area (Å²) in [6.07, 6.45) is 8.50. The minimum absolute atomic E-state index is 0.724. The molecule has 0 atom stereocenters. The fourth-order valence-corrected chi connectivity index (χ4v) is 3.81. The summed E-state index contributed by atoms with van der Waals surface area (Å²) in [5, 5.41) is 11.3. The van der Waals surface area contributed by atoms with Crippen LogP contribution >= 0.6 is 23.1 Å². The standard InChI is InChI=1S/C15H14N6S2/c1-3-13(22-8-1)4-7-21-11-17-19-15(21)23-10-12-9-20-6-2-5-16-14(20)18-12/h1-3,5-6,8-9,11H,4,7,10H2. The van der Waals surface area contributed by atoms with E-state index in [-0.39, 0.29) is 0 Å². The number of fused-ring (bicyclic) bond motifs is 1. The Morgan fingerprint density at radius 1 is 1.26 bits per heavy atom. The van der Waals surface area contributed by atoms with Crippen molar-refractivity contribution in [3.63, 3.8) is 0 Å². The van der Waals surface area contributed by atoms with Crippen LogP contribution < -0.4 is 0 Å². The summed E-state index contributed by atoms with van der Waals surface area (Å²) in [6.45, 7) is 0.891. The molecule has 0 saturated heterocycles. The lowest BCUT2D eigenvalue weighted by Gasteiger charge is -2.04. The molecule has 0 N–H and O–H groups in total. The van der Waals surface area contributed by atoms with Crippen LogP contribution in [0.1, 0.15) is 10.6 Å². The van der Waals surface area contributed by atoms with Crippen molar-refractivity contribution >= 4 is 28.9 Å². The van der Waals surface area contributed by atoms with E-state index in [1.807, 2.05) is 22.9 Å². The second-order valence-electron chi connectivity index (χ2n) is 4.98. The van der Waals surface area contributed by atoms with Gasteiger partial charge in [-0.1, -0.05) is 17.8 Å². The summed E-state index contributed by atoms with van der Waals surface area (Å²) in [6, 6.07) is 6.14. The van der Waals surface area contributed by atoms with E-state index in [0.717, 1.165) is 35.3 Å². The molecule has 6 nitrogen and oxygen atoms in total. The first kappa shape index (κ1) is 14.4. The molecule has 0 radical (unpaired) electrons. The first-order valence-electron chi connectivity index (χ1n) is 7.20. The van der Waals surface area contributed by atoms with Gasteiger partial charge in [0.1, 0.15) is 6.33 Å². The molecule has 0 unspecified atom stereocenters. The van der Waals surface area contributed by atoms with Crippen LogP contribution in [-0.4, -0.2) is 29.1 Å². The molecule has 0 fully saturated rings. The molecule has 0 spiro atoms. The predicted molar refractivity (Wildman–Crippen MR) is 90.6 cm³/mol. The topological polar surface area (TPSA) is 60.9 Å². The molecule has 116 valence electrons. The van der Waals surface area contributed by atoms with Gasteiger partial charge in [0, 0.05) is 35.8 Å².